The van der Waals surface area contributed by atoms with Crippen LogP contribution in [0.5, 0.6) is 5.88 Å². The molecule has 2 saturated carbocycles. The van der Waals surface area contributed by atoms with Gasteiger partial charge < -0.3 is 20.5 Å². The lowest BCUT2D eigenvalue weighted by molar-refractivity contribution is 0.0521. The number of hydrogen-bond acceptors (Lipinski definition) is 7. The van der Waals surface area contributed by atoms with Gasteiger partial charge in [0.05, 0.1) is 18.9 Å². The molecule has 2 aliphatic rings. The molecular formula is C23H25N7O3. The Bertz CT molecular complexity index is 1400. The second-order valence-corrected chi connectivity index (χ2v) is 9.14. The number of rotatable bonds is 5. The summed E-state index contributed by atoms with van der Waals surface area (Å²) in [4.78, 5) is 21.2. The van der Waals surface area contributed by atoms with E-state index >= 15 is 0 Å². The Labute approximate surface area is 189 Å². The van der Waals surface area contributed by atoms with Crippen LogP contribution < -0.4 is 15.4 Å². The predicted molar refractivity (Wildman–Crippen MR) is 122 cm³/mol. The molecule has 33 heavy (non-hydrogen) atoms. The third-order valence-corrected chi connectivity index (χ3v) is 7.13. The highest BCUT2D eigenvalue weighted by Gasteiger charge is 2.53. The first-order valence-electron chi connectivity index (χ1n) is 11.1. The van der Waals surface area contributed by atoms with Crippen LogP contribution in [0.2, 0.25) is 0 Å². The Morgan fingerprint density at radius 1 is 1.21 bits per heavy atom. The Kier molecular flexibility index (Phi) is 4.19. The zero-order chi connectivity index (χ0) is 22.8. The zero-order valence-corrected chi connectivity index (χ0v) is 18.5. The molecule has 2 aliphatic carbocycles. The highest BCUT2D eigenvalue weighted by Crippen LogP contribution is 2.51. The lowest BCUT2D eigenvalue weighted by atomic mass is 9.93. The monoisotopic (exact) mass is 447 g/mol. The molecule has 10 heteroatoms. The topological polar surface area (TPSA) is 118 Å². The van der Waals surface area contributed by atoms with Gasteiger partial charge in [0.1, 0.15) is 16.9 Å². The number of methoxy groups -OCH3 is 1. The van der Waals surface area contributed by atoms with Gasteiger partial charge in [-0.05, 0) is 50.3 Å². The van der Waals surface area contributed by atoms with Crippen LogP contribution in [-0.4, -0.2) is 60.3 Å². The summed E-state index contributed by atoms with van der Waals surface area (Å²) >= 11 is 0. The quantitative estimate of drug-likeness (QED) is 0.429. The van der Waals surface area contributed by atoms with Gasteiger partial charge in [0, 0.05) is 36.1 Å². The van der Waals surface area contributed by atoms with Gasteiger partial charge >= 0.3 is 0 Å². The molecule has 0 atom stereocenters. The van der Waals surface area contributed by atoms with Crippen LogP contribution in [0.4, 0.5) is 5.95 Å². The number of aliphatic hydroxyl groups is 1. The van der Waals surface area contributed by atoms with Crippen molar-refractivity contribution >= 4 is 23.0 Å². The zero-order valence-electron chi connectivity index (χ0n) is 18.5. The molecule has 0 aliphatic heterocycles. The summed E-state index contributed by atoms with van der Waals surface area (Å²) in [5, 5.41) is 21.4. The van der Waals surface area contributed by atoms with Gasteiger partial charge in [-0.1, -0.05) is 0 Å². The summed E-state index contributed by atoms with van der Waals surface area (Å²) in [7, 11) is 3.19. The molecule has 3 N–H and O–H groups in total. The fourth-order valence-electron chi connectivity index (χ4n) is 5.44. The molecule has 2 bridgehead atoms. The van der Waals surface area contributed by atoms with Gasteiger partial charge in [-0.2, -0.15) is 4.98 Å². The standard InChI is InChI=1S/C23H25N7O3/c1-24-19(31)16-11-25-17-4-3-14(12-29(16)17)15-5-10-30-18(15)20(33-2)26-21(28-30)27-22-6-8-23(32,13-22)9-7-22/h3-5,10-12,32H,6-9,13H2,1-2H3,(H,24,31)(H,27,28). The first-order chi connectivity index (χ1) is 15.9. The van der Waals surface area contributed by atoms with Crippen molar-refractivity contribution < 1.29 is 14.6 Å². The van der Waals surface area contributed by atoms with Crippen LogP contribution in [-0.2, 0) is 0 Å². The van der Waals surface area contributed by atoms with Crippen LogP contribution in [0.1, 0.15) is 42.6 Å². The van der Waals surface area contributed by atoms with E-state index in [9.17, 15) is 9.90 Å². The van der Waals surface area contributed by atoms with E-state index in [0.29, 0.717) is 23.2 Å². The third-order valence-electron chi connectivity index (χ3n) is 7.13. The molecule has 0 saturated heterocycles. The number of ether oxygens (including phenoxy) is 1. The normalized spacial score (nSPS) is 24.0. The Balaban J connectivity index is 1.41. The maximum absolute atomic E-state index is 12.2. The molecule has 2 fully saturated rings. The summed E-state index contributed by atoms with van der Waals surface area (Å²) in [6.45, 7) is 0. The third kappa shape index (κ3) is 3.05. The summed E-state index contributed by atoms with van der Waals surface area (Å²) in [6, 6.07) is 5.78. The second kappa shape index (κ2) is 6.92. The van der Waals surface area contributed by atoms with E-state index in [2.05, 4.69) is 25.7 Å². The average Bonchev–Trinajstić information content (AvgIpc) is 3.58. The van der Waals surface area contributed by atoms with Gasteiger partial charge in [0.25, 0.3) is 5.91 Å². The lowest BCUT2D eigenvalue weighted by Gasteiger charge is -2.27. The Morgan fingerprint density at radius 3 is 2.73 bits per heavy atom. The molecule has 6 rings (SSSR count). The molecular weight excluding hydrogens is 422 g/mol. The fourth-order valence-corrected chi connectivity index (χ4v) is 5.44. The van der Waals surface area contributed by atoms with E-state index in [1.807, 2.05) is 30.6 Å². The van der Waals surface area contributed by atoms with E-state index in [0.717, 1.165) is 48.7 Å². The molecule has 4 heterocycles. The van der Waals surface area contributed by atoms with E-state index in [1.54, 1.807) is 29.3 Å². The highest BCUT2D eigenvalue weighted by atomic mass is 16.5. The van der Waals surface area contributed by atoms with Crippen LogP contribution in [0.3, 0.4) is 0 Å². The van der Waals surface area contributed by atoms with Crippen molar-refractivity contribution in [2.75, 3.05) is 19.5 Å². The summed E-state index contributed by atoms with van der Waals surface area (Å²) in [5.74, 6) is 0.732. The number of hydrogen-bond donors (Lipinski definition) is 3. The van der Waals surface area contributed by atoms with Gasteiger partial charge in [-0.15, -0.1) is 5.10 Å². The SMILES string of the molecule is CNC(=O)c1cnc2ccc(-c3ccn4nc(NC56CCC(O)(CC5)C6)nc(OC)c34)cn12. The van der Waals surface area contributed by atoms with Crippen molar-refractivity contribution in [3.63, 3.8) is 0 Å². The van der Waals surface area contributed by atoms with Crippen LogP contribution in [0.25, 0.3) is 22.3 Å². The van der Waals surface area contributed by atoms with Crippen molar-refractivity contribution in [2.45, 2.75) is 43.2 Å². The Hall–Kier alpha value is -3.66. The van der Waals surface area contributed by atoms with E-state index in [4.69, 9.17) is 4.74 Å². The minimum Gasteiger partial charge on any atom is -0.479 e. The Morgan fingerprint density at radius 2 is 2.03 bits per heavy atom. The summed E-state index contributed by atoms with van der Waals surface area (Å²) < 4.78 is 9.18. The number of aromatic nitrogens is 5. The minimum absolute atomic E-state index is 0.161. The number of carbonyl (C=O) groups excluding carboxylic acids is 1. The molecule has 1 amide bonds. The van der Waals surface area contributed by atoms with Crippen molar-refractivity contribution in [2.24, 2.45) is 0 Å². The smallest absolute Gasteiger partial charge is 0.269 e. The lowest BCUT2D eigenvalue weighted by Crippen LogP contribution is -2.34. The summed E-state index contributed by atoms with van der Waals surface area (Å²) in [6.07, 6.45) is 9.46. The first-order valence-corrected chi connectivity index (χ1v) is 11.1. The molecule has 0 radical (unpaired) electrons. The predicted octanol–water partition coefficient (Wildman–Crippen LogP) is 2.27. The number of fused-ring (bicyclic) bond motifs is 4. The van der Waals surface area contributed by atoms with Crippen molar-refractivity contribution in [3.8, 4) is 17.0 Å². The molecule has 0 spiro atoms. The number of pyridine rings is 1. The van der Waals surface area contributed by atoms with E-state index in [1.165, 1.54) is 0 Å². The van der Waals surface area contributed by atoms with Crippen LogP contribution in [0, 0.1) is 0 Å². The number of imidazole rings is 1. The summed E-state index contributed by atoms with van der Waals surface area (Å²) in [5.41, 5.74) is 2.92. The van der Waals surface area contributed by atoms with Gasteiger partial charge in [-0.25, -0.2) is 9.50 Å². The molecule has 4 aromatic rings. The van der Waals surface area contributed by atoms with E-state index < -0.39 is 5.60 Å². The molecule has 170 valence electrons. The van der Waals surface area contributed by atoms with Gasteiger partial charge in [0.2, 0.25) is 11.8 Å². The average molecular weight is 447 g/mol. The van der Waals surface area contributed by atoms with Crippen molar-refractivity contribution in [1.82, 2.24) is 29.3 Å². The fraction of sp³-hybridized carbons (Fsp3) is 0.391. The van der Waals surface area contributed by atoms with Crippen molar-refractivity contribution in [1.29, 1.82) is 0 Å². The van der Waals surface area contributed by atoms with Crippen LogP contribution in [0.15, 0.2) is 36.8 Å². The minimum atomic E-state index is -0.554. The molecule has 4 aromatic heterocycles. The van der Waals surface area contributed by atoms with Gasteiger partial charge in [-0.3, -0.25) is 9.20 Å². The number of amides is 1. The molecule has 0 aromatic carbocycles. The highest BCUT2D eigenvalue weighted by molar-refractivity contribution is 5.93. The molecule has 0 unspecified atom stereocenters. The first kappa shape index (κ1) is 20.0. The number of nitrogens with zero attached hydrogens (tertiary/aromatic N) is 5. The van der Waals surface area contributed by atoms with E-state index in [-0.39, 0.29) is 11.4 Å². The maximum atomic E-state index is 12.2. The largest absolute Gasteiger partial charge is 0.479 e. The number of carbonyl (C=O) groups is 1. The number of nitrogens with one attached hydrogen (secondary N) is 2. The van der Waals surface area contributed by atoms with Crippen molar-refractivity contribution in [3.05, 3.63) is 42.5 Å². The van der Waals surface area contributed by atoms with Crippen LogP contribution >= 0.6 is 0 Å². The molecule has 10 nitrogen and oxygen atoms in total. The van der Waals surface area contributed by atoms with Gasteiger partial charge in [0.15, 0.2) is 0 Å². The maximum Gasteiger partial charge on any atom is 0.269 e. The number of anilines is 1. The second-order valence-electron chi connectivity index (χ2n) is 9.14.